The molecule has 0 aliphatic heterocycles. The third-order valence-corrected chi connectivity index (χ3v) is 5.68. The van der Waals surface area contributed by atoms with E-state index in [0.29, 0.717) is 6.04 Å². The Bertz CT molecular complexity index is 586. The molecule has 1 aromatic carbocycles. The summed E-state index contributed by atoms with van der Waals surface area (Å²) >= 11 is 0. The van der Waals surface area contributed by atoms with Gasteiger partial charge in [0.15, 0.2) is 0 Å². The van der Waals surface area contributed by atoms with Crippen LogP contribution in [0.5, 0.6) is 0 Å². The molecule has 1 fully saturated rings. The zero-order valence-corrected chi connectivity index (χ0v) is 13.9. The number of rotatable bonds is 4. The molecule has 0 amide bonds. The van der Waals surface area contributed by atoms with Crippen molar-refractivity contribution in [3.05, 3.63) is 29.8 Å². The third kappa shape index (κ3) is 4.28. The van der Waals surface area contributed by atoms with Gasteiger partial charge in [-0.15, -0.1) is 0 Å². The maximum Gasteiger partial charge on any atom is 0.238 e. The Hall–Kier alpha value is -0.910. The first kappa shape index (κ1) is 16.5. The summed E-state index contributed by atoms with van der Waals surface area (Å²) in [6, 6.07) is 7.53. The van der Waals surface area contributed by atoms with Gasteiger partial charge in [0.2, 0.25) is 10.0 Å². The highest BCUT2D eigenvalue weighted by Gasteiger charge is 2.25. The first-order valence-corrected chi connectivity index (χ1v) is 9.21. The molecule has 1 aliphatic rings. The van der Waals surface area contributed by atoms with Crippen LogP contribution in [-0.2, 0) is 10.0 Å². The molecule has 1 saturated carbocycles. The maximum atomic E-state index is 11.4. The van der Waals surface area contributed by atoms with E-state index in [2.05, 4.69) is 26.1 Å². The smallest absolute Gasteiger partial charge is 0.238 e. The van der Waals surface area contributed by atoms with Crippen molar-refractivity contribution in [3.8, 4) is 0 Å². The van der Waals surface area contributed by atoms with Crippen LogP contribution in [-0.4, -0.2) is 14.5 Å². The first-order chi connectivity index (χ1) is 9.77. The van der Waals surface area contributed by atoms with Crippen LogP contribution < -0.4 is 10.5 Å². The fourth-order valence-electron chi connectivity index (χ4n) is 3.11. The third-order valence-electron chi connectivity index (χ3n) is 4.77. The zero-order valence-electron chi connectivity index (χ0n) is 13.0. The number of nitrogens with two attached hydrogens (primary N) is 1. The lowest BCUT2D eigenvalue weighted by Gasteiger charge is -2.34. The number of nitrogens with one attached hydrogen (secondary N) is 1. The van der Waals surface area contributed by atoms with Crippen molar-refractivity contribution in [1.29, 1.82) is 0 Å². The Balaban J connectivity index is 2.05. The Morgan fingerprint density at radius 2 is 1.95 bits per heavy atom. The van der Waals surface area contributed by atoms with Crippen LogP contribution in [0.3, 0.4) is 0 Å². The summed E-state index contributed by atoms with van der Waals surface area (Å²) in [6.07, 6.45) is 3.62. The van der Waals surface area contributed by atoms with E-state index in [1.54, 1.807) is 12.1 Å². The molecule has 4 unspecified atom stereocenters. The Kier molecular flexibility index (Phi) is 5.07. The molecule has 21 heavy (non-hydrogen) atoms. The molecular formula is C16H26N2O2S. The van der Waals surface area contributed by atoms with Gasteiger partial charge in [0, 0.05) is 12.1 Å². The second kappa shape index (κ2) is 6.46. The molecule has 118 valence electrons. The van der Waals surface area contributed by atoms with E-state index in [0.717, 1.165) is 17.4 Å². The minimum absolute atomic E-state index is 0.123. The molecule has 0 bridgehead atoms. The van der Waals surface area contributed by atoms with Crippen molar-refractivity contribution in [3.63, 3.8) is 0 Å². The van der Waals surface area contributed by atoms with Gasteiger partial charge >= 0.3 is 0 Å². The van der Waals surface area contributed by atoms with Crippen molar-refractivity contribution in [2.75, 3.05) is 0 Å². The molecule has 1 aliphatic carbocycles. The SMILES string of the molecule is CC(NC1CCC(C)C(C)C1)c1cccc(S(N)(=O)=O)c1. The summed E-state index contributed by atoms with van der Waals surface area (Å²) in [5.74, 6) is 1.53. The lowest BCUT2D eigenvalue weighted by atomic mass is 9.79. The summed E-state index contributed by atoms with van der Waals surface area (Å²) < 4.78 is 22.9. The van der Waals surface area contributed by atoms with Crippen molar-refractivity contribution in [1.82, 2.24) is 5.32 Å². The summed E-state index contributed by atoms with van der Waals surface area (Å²) in [5.41, 5.74) is 0.966. The number of benzene rings is 1. The van der Waals surface area contributed by atoms with Crippen LogP contribution in [0.4, 0.5) is 0 Å². The molecule has 1 aromatic rings. The number of primary sulfonamides is 1. The average Bonchev–Trinajstić information content (AvgIpc) is 2.42. The molecule has 0 spiro atoms. The standard InChI is InChI=1S/C16H26N2O2S/c1-11-7-8-15(9-12(11)2)18-13(3)14-5-4-6-16(10-14)21(17,19)20/h4-6,10-13,15,18H,7-9H2,1-3H3,(H2,17,19,20). The van der Waals surface area contributed by atoms with Crippen LogP contribution in [0.2, 0.25) is 0 Å². The lowest BCUT2D eigenvalue weighted by molar-refractivity contribution is 0.217. The van der Waals surface area contributed by atoms with Gasteiger partial charge in [-0.1, -0.05) is 26.0 Å². The monoisotopic (exact) mass is 310 g/mol. The van der Waals surface area contributed by atoms with Gasteiger partial charge in [0.1, 0.15) is 0 Å². The quantitative estimate of drug-likeness (QED) is 0.898. The van der Waals surface area contributed by atoms with Crippen LogP contribution in [0.1, 0.15) is 51.6 Å². The largest absolute Gasteiger partial charge is 0.307 e. The molecule has 2 rings (SSSR count). The Morgan fingerprint density at radius 3 is 2.57 bits per heavy atom. The van der Waals surface area contributed by atoms with E-state index in [-0.39, 0.29) is 10.9 Å². The van der Waals surface area contributed by atoms with Gasteiger partial charge in [-0.25, -0.2) is 13.6 Å². The van der Waals surface area contributed by atoms with Crippen molar-refractivity contribution < 1.29 is 8.42 Å². The minimum Gasteiger partial charge on any atom is -0.307 e. The van der Waals surface area contributed by atoms with Gasteiger partial charge in [-0.2, -0.15) is 0 Å². The molecule has 4 nitrogen and oxygen atoms in total. The highest BCUT2D eigenvalue weighted by molar-refractivity contribution is 7.89. The molecule has 4 atom stereocenters. The Labute approximate surface area is 128 Å². The fraction of sp³-hybridized carbons (Fsp3) is 0.625. The van der Waals surface area contributed by atoms with E-state index < -0.39 is 10.0 Å². The summed E-state index contributed by atoms with van der Waals surface area (Å²) in [4.78, 5) is 0.180. The minimum atomic E-state index is -3.64. The van der Waals surface area contributed by atoms with Crippen LogP contribution >= 0.6 is 0 Å². The lowest BCUT2D eigenvalue weighted by Crippen LogP contribution is -2.37. The topological polar surface area (TPSA) is 72.2 Å². The highest BCUT2D eigenvalue weighted by Crippen LogP contribution is 2.30. The average molecular weight is 310 g/mol. The van der Waals surface area contributed by atoms with E-state index >= 15 is 0 Å². The van der Waals surface area contributed by atoms with Crippen molar-refractivity contribution in [2.24, 2.45) is 17.0 Å². The zero-order chi connectivity index (χ0) is 15.6. The van der Waals surface area contributed by atoms with Gasteiger partial charge in [-0.05, 0) is 55.7 Å². The first-order valence-electron chi connectivity index (χ1n) is 7.66. The second-order valence-corrected chi connectivity index (χ2v) is 8.03. The van der Waals surface area contributed by atoms with E-state index in [1.165, 1.54) is 25.3 Å². The molecule has 0 saturated heterocycles. The van der Waals surface area contributed by atoms with Crippen molar-refractivity contribution >= 4 is 10.0 Å². The van der Waals surface area contributed by atoms with Gasteiger partial charge < -0.3 is 5.32 Å². The molecule has 0 aromatic heterocycles. The fourth-order valence-corrected chi connectivity index (χ4v) is 3.68. The van der Waals surface area contributed by atoms with E-state index in [4.69, 9.17) is 5.14 Å². The molecule has 5 heteroatoms. The summed E-state index contributed by atoms with van der Waals surface area (Å²) in [5, 5.41) is 8.82. The van der Waals surface area contributed by atoms with Gasteiger partial charge in [0.05, 0.1) is 4.90 Å². The van der Waals surface area contributed by atoms with E-state index in [1.807, 2.05) is 6.07 Å². The number of sulfonamides is 1. The predicted molar refractivity (Wildman–Crippen MR) is 85.3 cm³/mol. The molecular weight excluding hydrogens is 284 g/mol. The summed E-state index contributed by atoms with van der Waals surface area (Å²) in [7, 11) is -3.64. The Morgan fingerprint density at radius 1 is 1.24 bits per heavy atom. The van der Waals surface area contributed by atoms with Crippen LogP contribution in [0.15, 0.2) is 29.2 Å². The number of hydrogen-bond donors (Lipinski definition) is 2. The highest BCUT2D eigenvalue weighted by atomic mass is 32.2. The second-order valence-electron chi connectivity index (χ2n) is 6.47. The van der Waals surface area contributed by atoms with E-state index in [9.17, 15) is 8.42 Å². The number of hydrogen-bond acceptors (Lipinski definition) is 3. The predicted octanol–water partition coefficient (Wildman–Crippen LogP) is 2.81. The van der Waals surface area contributed by atoms with Crippen LogP contribution in [0, 0.1) is 11.8 Å². The van der Waals surface area contributed by atoms with Gasteiger partial charge in [0.25, 0.3) is 0 Å². The molecule has 3 N–H and O–H groups in total. The molecule has 0 radical (unpaired) electrons. The molecule has 0 heterocycles. The van der Waals surface area contributed by atoms with Gasteiger partial charge in [-0.3, -0.25) is 0 Å². The van der Waals surface area contributed by atoms with Crippen LogP contribution in [0.25, 0.3) is 0 Å². The normalized spacial score (nSPS) is 28.3. The van der Waals surface area contributed by atoms with Crippen molar-refractivity contribution in [2.45, 2.75) is 57.0 Å². The summed E-state index contributed by atoms with van der Waals surface area (Å²) in [6.45, 7) is 6.70. The maximum absolute atomic E-state index is 11.4.